The minimum Gasteiger partial charge on any atom is -0.603 e. The highest BCUT2D eigenvalue weighted by Crippen LogP contribution is 2.30. The zero-order chi connectivity index (χ0) is 13.2. The van der Waals surface area contributed by atoms with Gasteiger partial charge in [-0.3, -0.25) is 0 Å². The lowest BCUT2D eigenvalue weighted by molar-refractivity contribution is -0.816. The van der Waals surface area contributed by atoms with Crippen molar-refractivity contribution in [1.29, 1.82) is 0 Å². The van der Waals surface area contributed by atoms with Crippen molar-refractivity contribution < 1.29 is 10.3 Å². The molecular weight excluding hydrogens is 244 g/mol. The molecule has 1 aliphatic heterocycles. The number of rotatable bonds is 3. The summed E-state index contributed by atoms with van der Waals surface area (Å²) in [7, 11) is 0. The number of fused-ring (bicyclic) bond motifs is 2. The molecule has 0 radical (unpaired) electrons. The fourth-order valence-electron chi connectivity index (χ4n) is 2.59. The second kappa shape index (κ2) is 5.16. The number of nitrogens with one attached hydrogen (secondary N) is 3. The molecule has 1 aliphatic carbocycles. The van der Waals surface area contributed by atoms with Crippen molar-refractivity contribution in [2.45, 2.75) is 25.7 Å². The summed E-state index contributed by atoms with van der Waals surface area (Å²) in [5, 5.41) is 23.8. The van der Waals surface area contributed by atoms with Crippen molar-refractivity contribution in [3.63, 3.8) is 0 Å². The molecule has 0 fully saturated rings. The van der Waals surface area contributed by atoms with Gasteiger partial charge >= 0.3 is 0 Å². The van der Waals surface area contributed by atoms with Gasteiger partial charge in [0.25, 0.3) is 0 Å². The van der Waals surface area contributed by atoms with Gasteiger partial charge in [-0.25, -0.2) is 10.2 Å². The molecule has 4 N–H and O–H groups in total. The van der Waals surface area contributed by atoms with Gasteiger partial charge in [-0.1, -0.05) is 0 Å². The quantitative estimate of drug-likeness (QED) is 0.451. The topological polar surface area (TPSA) is 84.2 Å². The van der Waals surface area contributed by atoms with Crippen molar-refractivity contribution in [2.24, 2.45) is 4.99 Å². The molecular formula is C13H18N4O2. The van der Waals surface area contributed by atoms with Crippen LogP contribution in [0.3, 0.4) is 0 Å². The smallest absolute Gasteiger partial charge is 0.243 e. The van der Waals surface area contributed by atoms with Crippen molar-refractivity contribution in [2.75, 3.05) is 18.5 Å². The van der Waals surface area contributed by atoms with Gasteiger partial charge in [0.05, 0.1) is 0 Å². The van der Waals surface area contributed by atoms with E-state index in [9.17, 15) is 5.21 Å². The second-order valence-electron chi connectivity index (χ2n) is 4.91. The fourth-order valence-corrected chi connectivity index (χ4v) is 2.59. The van der Waals surface area contributed by atoms with Crippen LogP contribution in [-0.2, 0) is 12.8 Å². The van der Waals surface area contributed by atoms with Gasteiger partial charge in [0.2, 0.25) is 5.96 Å². The van der Waals surface area contributed by atoms with E-state index in [2.05, 4.69) is 21.8 Å². The lowest BCUT2D eigenvalue weighted by Gasteiger charge is -2.31. The number of aliphatic hydroxyl groups is 1. The molecule has 19 heavy (non-hydrogen) atoms. The Balaban J connectivity index is 1.85. The van der Waals surface area contributed by atoms with E-state index in [-0.39, 0.29) is 11.8 Å². The number of anilines is 1. The summed E-state index contributed by atoms with van der Waals surface area (Å²) >= 11 is 0. The Hall–Kier alpha value is -1.63. The number of guanidine groups is 1. The molecule has 0 bridgehead atoms. The second-order valence-corrected chi connectivity index (χ2v) is 4.91. The van der Waals surface area contributed by atoms with Crippen LogP contribution < -0.4 is 15.9 Å². The van der Waals surface area contributed by atoms with E-state index in [4.69, 9.17) is 5.11 Å². The molecule has 1 atom stereocenters. The third kappa shape index (κ3) is 2.42. The predicted molar refractivity (Wildman–Crippen MR) is 73.2 cm³/mol. The maximum Gasteiger partial charge on any atom is 0.243 e. The molecule has 0 saturated heterocycles. The molecule has 0 saturated carbocycles. The Morgan fingerprint density at radius 2 is 2.11 bits per heavy atom. The molecule has 1 unspecified atom stereocenters. The zero-order valence-corrected chi connectivity index (χ0v) is 10.7. The fraction of sp³-hybridized carbons (Fsp3) is 0.462. The highest BCUT2D eigenvalue weighted by atomic mass is 16.5. The SMILES string of the molecule is [O-][NH+]1NC(=NCCCO)Nc2cc3c(cc21)CCC3. The van der Waals surface area contributed by atoms with Gasteiger partial charge in [0, 0.05) is 19.2 Å². The molecule has 3 rings (SSSR count). The summed E-state index contributed by atoms with van der Waals surface area (Å²) in [6, 6.07) is 4.06. The van der Waals surface area contributed by atoms with Gasteiger partial charge in [-0.2, -0.15) is 5.43 Å². The van der Waals surface area contributed by atoms with E-state index in [1.54, 1.807) is 0 Å². The number of hydrogen-bond acceptors (Lipinski definition) is 3. The average molecular weight is 262 g/mol. The molecule has 0 aromatic heterocycles. The van der Waals surface area contributed by atoms with Gasteiger partial charge < -0.3 is 15.6 Å². The third-order valence-electron chi connectivity index (χ3n) is 3.55. The summed E-state index contributed by atoms with van der Waals surface area (Å²) in [6.45, 7) is 0.605. The molecule has 6 nitrogen and oxygen atoms in total. The van der Waals surface area contributed by atoms with Crippen LogP contribution >= 0.6 is 0 Å². The van der Waals surface area contributed by atoms with Gasteiger partial charge in [0.1, 0.15) is 5.69 Å². The Morgan fingerprint density at radius 3 is 2.89 bits per heavy atom. The summed E-state index contributed by atoms with van der Waals surface area (Å²) in [5.74, 6) is 0.476. The van der Waals surface area contributed by atoms with E-state index < -0.39 is 0 Å². The first-order valence-corrected chi connectivity index (χ1v) is 6.67. The van der Waals surface area contributed by atoms with E-state index in [1.807, 2.05) is 6.07 Å². The maximum absolute atomic E-state index is 12.0. The van der Waals surface area contributed by atoms with Crippen LogP contribution in [-0.4, -0.2) is 24.2 Å². The van der Waals surface area contributed by atoms with Crippen LogP contribution in [0.1, 0.15) is 24.0 Å². The number of hydrogen-bond donors (Lipinski definition) is 4. The molecule has 1 aromatic carbocycles. The normalized spacial score (nSPS) is 22.6. The van der Waals surface area contributed by atoms with Crippen LogP contribution in [0.25, 0.3) is 0 Å². The van der Waals surface area contributed by atoms with Crippen LogP contribution in [0.2, 0.25) is 0 Å². The first-order valence-electron chi connectivity index (χ1n) is 6.67. The van der Waals surface area contributed by atoms with Crippen LogP contribution in [0.5, 0.6) is 0 Å². The first kappa shape index (κ1) is 12.4. The number of benzene rings is 1. The summed E-state index contributed by atoms with van der Waals surface area (Å²) in [6.07, 6.45) is 3.91. The highest BCUT2D eigenvalue weighted by Gasteiger charge is 2.23. The van der Waals surface area contributed by atoms with Crippen LogP contribution in [0, 0.1) is 5.21 Å². The average Bonchev–Trinajstić information content (AvgIpc) is 2.84. The largest absolute Gasteiger partial charge is 0.603 e. The Bertz CT molecular complexity index is 516. The van der Waals surface area contributed by atoms with Crippen molar-refractivity contribution >= 4 is 17.3 Å². The summed E-state index contributed by atoms with van der Waals surface area (Å²) < 4.78 is 0. The van der Waals surface area contributed by atoms with E-state index in [1.165, 1.54) is 11.1 Å². The lowest BCUT2D eigenvalue weighted by Crippen LogP contribution is -3.11. The molecule has 2 aliphatic rings. The first-order chi connectivity index (χ1) is 9.28. The number of aryl methyl sites for hydroxylation is 2. The molecule has 1 heterocycles. The third-order valence-corrected chi connectivity index (χ3v) is 3.55. The highest BCUT2D eigenvalue weighted by molar-refractivity contribution is 5.96. The van der Waals surface area contributed by atoms with Gasteiger partial charge in [0.15, 0.2) is 5.69 Å². The van der Waals surface area contributed by atoms with Gasteiger partial charge in [-0.05, 0) is 42.9 Å². The van der Waals surface area contributed by atoms with E-state index in [0.717, 1.165) is 24.9 Å². The van der Waals surface area contributed by atoms with E-state index in [0.29, 0.717) is 24.6 Å². The number of aliphatic hydroxyl groups excluding tert-OH is 1. The number of nitrogens with zero attached hydrogens (tertiary/aromatic N) is 1. The Kier molecular flexibility index (Phi) is 3.37. The van der Waals surface area contributed by atoms with Crippen LogP contribution in [0.4, 0.5) is 11.4 Å². The van der Waals surface area contributed by atoms with Crippen LogP contribution in [0.15, 0.2) is 17.1 Å². The Labute approximate surface area is 111 Å². The number of quaternary nitrogens is 1. The molecule has 6 heteroatoms. The predicted octanol–water partition coefficient (Wildman–Crippen LogP) is -0.142. The van der Waals surface area contributed by atoms with E-state index >= 15 is 0 Å². The van der Waals surface area contributed by atoms with Crippen molar-refractivity contribution in [3.8, 4) is 0 Å². The molecule has 0 amide bonds. The molecule has 0 spiro atoms. The number of aliphatic imine (C=N–C) groups is 1. The molecule has 102 valence electrons. The summed E-state index contributed by atoms with van der Waals surface area (Å²) in [5.41, 5.74) is 6.89. The van der Waals surface area contributed by atoms with Gasteiger partial charge in [-0.15, -0.1) is 0 Å². The van der Waals surface area contributed by atoms with Crippen molar-refractivity contribution in [1.82, 2.24) is 5.43 Å². The Morgan fingerprint density at radius 1 is 1.32 bits per heavy atom. The summed E-state index contributed by atoms with van der Waals surface area (Å²) in [4.78, 5) is 4.23. The minimum absolute atomic E-state index is 0.105. The standard InChI is InChI=1S/C13H18N4O2/c18-6-2-5-14-13-15-11-7-9-3-1-4-10(9)8-12(11)17(19)16-13/h7-8,17-18H,1-6H2,(H2,14,15,16). The maximum atomic E-state index is 12.0. The zero-order valence-electron chi connectivity index (χ0n) is 10.7. The molecule has 1 aromatic rings. The van der Waals surface area contributed by atoms with Crippen molar-refractivity contribution in [3.05, 3.63) is 28.5 Å². The lowest BCUT2D eigenvalue weighted by atomic mass is 10.1. The minimum atomic E-state index is -0.105. The monoisotopic (exact) mass is 262 g/mol.